The van der Waals surface area contributed by atoms with E-state index in [1.807, 2.05) is 36.6 Å². The predicted octanol–water partition coefficient (Wildman–Crippen LogP) is 4.23. The molecule has 0 radical (unpaired) electrons. The smallest absolute Gasteiger partial charge is 0.230 e. The normalized spacial score (nSPS) is 11.0. The van der Waals surface area contributed by atoms with E-state index < -0.39 is 0 Å². The van der Waals surface area contributed by atoms with E-state index in [9.17, 15) is 4.79 Å². The molecular weight excluding hydrogens is 414 g/mol. The van der Waals surface area contributed by atoms with E-state index in [2.05, 4.69) is 25.9 Å². The maximum Gasteiger partial charge on any atom is 0.230 e. The van der Waals surface area contributed by atoms with Gasteiger partial charge in [0, 0.05) is 22.6 Å². The summed E-state index contributed by atoms with van der Waals surface area (Å²) in [5.74, 6) is 0.288. The van der Waals surface area contributed by atoms with Crippen LogP contribution in [0.5, 0.6) is 0 Å². The van der Waals surface area contributed by atoms with Gasteiger partial charge in [-0.1, -0.05) is 29.4 Å². The van der Waals surface area contributed by atoms with Crippen molar-refractivity contribution >= 4 is 40.6 Å². The lowest BCUT2D eigenvalue weighted by molar-refractivity contribution is -0.118. The first-order chi connectivity index (χ1) is 13.5. The van der Waals surface area contributed by atoms with Crippen molar-refractivity contribution in [3.05, 3.63) is 51.2 Å². The van der Waals surface area contributed by atoms with E-state index in [1.165, 1.54) is 11.8 Å². The van der Waals surface area contributed by atoms with Crippen LogP contribution in [-0.4, -0.2) is 38.0 Å². The van der Waals surface area contributed by atoms with Crippen molar-refractivity contribution in [2.24, 2.45) is 0 Å². The van der Waals surface area contributed by atoms with Crippen molar-refractivity contribution < 1.29 is 4.79 Å². The summed E-state index contributed by atoms with van der Waals surface area (Å²) in [6.45, 7) is 4.63. The number of benzene rings is 1. The van der Waals surface area contributed by atoms with E-state index in [0.717, 1.165) is 41.2 Å². The minimum absolute atomic E-state index is 0.00779. The van der Waals surface area contributed by atoms with Crippen molar-refractivity contribution in [1.82, 2.24) is 25.1 Å². The average molecular weight is 436 g/mol. The average Bonchev–Trinajstić information content (AvgIpc) is 3.31. The molecule has 9 heteroatoms. The monoisotopic (exact) mass is 435 g/mol. The number of nitrogens with zero attached hydrogens (tertiary/aromatic N) is 4. The van der Waals surface area contributed by atoms with Gasteiger partial charge in [-0.2, -0.15) is 0 Å². The quantitative estimate of drug-likeness (QED) is 0.402. The van der Waals surface area contributed by atoms with Crippen LogP contribution in [0.3, 0.4) is 0 Å². The second kappa shape index (κ2) is 10.0. The number of hydrogen-bond acceptors (Lipinski definition) is 6. The van der Waals surface area contributed by atoms with E-state index in [4.69, 9.17) is 11.6 Å². The Labute approximate surface area is 177 Å². The van der Waals surface area contributed by atoms with Crippen molar-refractivity contribution in [3.63, 3.8) is 0 Å². The number of unbranched alkanes of at least 4 members (excludes halogenated alkanes) is 1. The van der Waals surface area contributed by atoms with Crippen LogP contribution in [0.15, 0.2) is 35.1 Å². The Kier molecular flexibility index (Phi) is 7.47. The molecule has 0 fully saturated rings. The van der Waals surface area contributed by atoms with Crippen molar-refractivity contribution in [2.75, 3.05) is 12.3 Å². The first-order valence-electron chi connectivity index (χ1n) is 9.00. The molecule has 0 spiro atoms. The number of halogens is 1. The lowest BCUT2D eigenvalue weighted by Gasteiger charge is -2.08. The van der Waals surface area contributed by atoms with Gasteiger partial charge in [0.15, 0.2) is 5.16 Å². The molecule has 3 rings (SSSR count). The van der Waals surface area contributed by atoms with Crippen LogP contribution in [0.2, 0.25) is 5.02 Å². The van der Waals surface area contributed by atoms with Crippen LogP contribution in [0.25, 0.3) is 5.69 Å². The Bertz CT molecular complexity index is 940. The highest BCUT2D eigenvalue weighted by atomic mass is 35.5. The maximum absolute atomic E-state index is 12.1. The van der Waals surface area contributed by atoms with Crippen molar-refractivity contribution in [3.8, 4) is 5.69 Å². The van der Waals surface area contributed by atoms with Gasteiger partial charge in [-0.3, -0.25) is 9.36 Å². The standard InChI is InChI=1S/C19H22ClN5OS2/c1-13-6-7-15(9-16(13)20)25-12-22-24-19(25)28-11-17(26)21-8-4-3-5-18-23-14(2)10-27-18/h6-7,9-10,12H,3-5,8,11H2,1-2H3,(H,21,26). The summed E-state index contributed by atoms with van der Waals surface area (Å²) in [5.41, 5.74) is 2.96. The van der Waals surface area contributed by atoms with E-state index in [0.29, 0.717) is 22.5 Å². The molecule has 2 aromatic heterocycles. The fourth-order valence-corrected chi connectivity index (χ4v) is 4.31. The molecule has 0 aliphatic rings. The number of thiazole rings is 1. The molecule has 3 aromatic rings. The largest absolute Gasteiger partial charge is 0.355 e. The van der Waals surface area contributed by atoms with Gasteiger partial charge in [0.05, 0.1) is 16.4 Å². The Balaban J connectivity index is 1.41. The second-order valence-electron chi connectivity index (χ2n) is 6.40. The SMILES string of the molecule is Cc1csc(CCCCNC(=O)CSc2nncn2-c2ccc(C)c(Cl)c2)n1. The van der Waals surface area contributed by atoms with Gasteiger partial charge in [-0.15, -0.1) is 21.5 Å². The summed E-state index contributed by atoms with van der Waals surface area (Å²) in [6.07, 6.45) is 4.54. The highest BCUT2D eigenvalue weighted by Gasteiger charge is 2.11. The lowest BCUT2D eigenvalue weighted by atomic mass is 10.2. The Hall–Kier alpha value is -1.90. The molecule has 1 aromatic carbocycles. The molecule has 0 unspecified atom stereocenters. The van der Waals surface area contributed by atoms with Gasteiger partial charge in [0.2, 0.25) is 5.91 Å². The Morgan fingerprint density at radius 3 is 2.93 bits per heavy atom. The van der Waals surface area contributed by atoms with Crippen LogP contribution in [-0.2, 0) is 11.2 Å². The molecule has 0 bridgehead atoms. The third kappa shape index (κ3) is 5.80. The molecule has 1 N–H and O–H groups in total. The van der Waals surface area contributed by atoms with Gasteiger partial charge < -0.3 is 5.32 Å². The maximum atomic E-state index is 12.1. The minimum Gasteiger partial charge on any atom is -0.355 e. The number of carbonyl (C=O) groups excluding carboxylic acids is 1. The fourth-order valence-electron chi connectivity index (χ4n) is 2.56. The summed E-state index contributed by atoms with van der Waals surface area (Å²) < 4.78 is 1.83. The van der Waals surface area contributed by atoms with Crippen molar-refractivity contribution in [1.29, 1.82) is 0 Å². The van der Waals surface area contributed by atoms with Gasteiger partial charge >= 0.3 is 0 Å². The van der Waals surface area contributed by atoms with Gasteiger partial charge in [-0.05, 0) is 50.8 Å². The molecule has 28 heavy (non-hydrogen) atoms. The third-order valence-electron chi connectivity index (χ3n) is 4.09. The summed E-state index contributed by atoms with van der Waals surface area (Å²) in [4.78, 5) is 16.5. The predicted molar refractivity (Wildman–Crippen MR) is 115 cm³/mol. The number of amides is 1. The zero-order valence-corrected chi connectivity index (χ0v) is 18.2. The Morgan fingerprint density at radius 1 is 1.32 bits per heavy atom. The molecule has 0 saturated carbocycles. The van der Waals surface area contributed by atoms with Gasteiger partial charge in [0.25, 0.3) is 0 Å². The highest BCUT2D eigenvalue weighted by molar-refractivity contribution is 7.99. The van der Waals surface area contributed by atoms with E-state index >= 15 is 0 Å². The van der Waals surface area contributed by atoms with Crippen LogP contribution in [0, 0.1) is 13.8 Å². The van der Waals surface area contributed by atoms with Crippen molar-refractivity contribution in [2.45, 2.75) is 38.3 Å². The Morgan fingerprint density at radius 2 is 2.18 bits per heavy atom. The first kappa shape index (κ1) is 20.8. The molecule has 6 nitrogen and oxygen atoms in total. The summed E-state index contributed by atoms with van der Waals surface area (Å²) >= 11 is 9.26. The van der Waals surface area contributed by atoms with E-state index in [-0.39, 0.29) is 5.91 Å². The number of hydrogen-bond donors (Lipinski definition) is 1. The van der Waals surface area contributed by atoms with E-state index in [1.54, 1.807) is 17.7 Å². The zero-order valence-electron chi connectivity index (χ0n) is 15.8. The number of aryl methyl sites for hydroxylation is 3. The van der Waals surface area contributed by atoms with Crippen LogP contribution in [0.1, 0.15) is 29.1 Å². The third-order valence-corrected chi connectivity index (χ3v) is 6.47. The minimum atomic E-state index is -0.00779. The molecular formula is C19H22ClN5OS2. The number of carbonyl (C=O) groups is 1. The number of thioether (sulfide) groups is 1. The van der Waals surface area contributed by atoms with Gasteiger partial charge in [0.1, 0.15) is 6.33 Å². The highest BCUT2D eigenvalue weighted by Crippen LogP contribution is 2.23. The molecule has 0 aliphatic carbocycles. The summed E-state index contributed by atoms with van der Waals surface area (Å²) in [7, 11) is 0. The topological polar surface area (TPSA) is 72.7 Å². The summed E-state index contributed by atoms with van der Waals surface area (Å²) in [5, 5.41) is 15.6. The first-order valence-corrected chi connectivity index (χ1v) is 11.2. The molecule has 0 aliphatic heterocycles. The fraction of sp³-hybridized carbons (Fsp3) is 0.368. The van der Waals surface area contributed by atoms with Gasteiger partial charge in [-0.25, -0.2) is 4.98 Å². The van der Waals surface area contributed by atoms with Crippen LogP contribution in [0.4, 0.5) is 0 Å². The second-order valence-corrected chi connectivity index (χ2v) is 8.69. The molecule has 1 amide bonds. The molecule has 148 valence electrons. The zero-order chi connectivity index (χ0) is 19.9. The van der Waals surface area contributed by atoms with Crippen LogP contribution < -0.4 is 5.32 Å². The molecule has 2 heterocycles. The van der Waals surface area contributed by atoms with Crippen LogP contribution >= 0.6 is 34.7 Å². The number of aromatic nitrogens is 4. The number of rotatable bonds is 9. The molecule has 0 atom stereocenters. The summed E-state index contributed by atoms with van der Waals surface area (Å²) in [6, 6.07) is 5.78. The molecule has 0 saturated heterocycles. The number of nitrogens with one attached hydrogen (secondary N) is 1. The lowest BCUT2D eigenvalue weighted by Crippen LogP contribution is -2.26.